The van der Waals surface area contributed by atoms with Crippen LogP contribution in [0.3, 0.4) is 0 Å². The van der Waals surface area contributed by atoms with Crippen LogP contribution in [-0.4, -0.2) is 20.7 Å². The summed E-state index contributed by atoms with van der Waals surface area (Å²) in [6, 6.07) is 7.38. The topological polar surface area (TPSA) is 59.8 Å². The molecule has 124 valence electrons. The van der Waals surface area contributed by atoms with Crippen LogP contribution in [-0.2, 0) is 0 Å². The molecule has 0 bridgehead atoms. The Bertz CT molecular complexity index is 867. The number of halogens is 1. The number of nitrogens with one attached hydrogen (secondary N) is 1. The predicted molar refractivity (Wildman–Crippen MR) is 97.5 cm³/mol. The summed E-state index contributed by atoms with van der Waals surface area (Å²) in [5.41, 5.74) is 2.27. The van der Waals surface area contributed by atoms with Crippen LogP contribution in [0, 0.1) is 6.92 Å². The minimum Gasteiger partial charge on any atom is -0.298 e. The Labute approximate surface area is 149 Å². The van der Waals surface area contributed by atoms with Crippen LogP contribution in [0.1, 0.15) is 40.7 Å². The van der Waals surface area contributed by atoms with E-state index in [1.165, 1.54) is 11.3 Å². The van der Waals surface area contributed by atoms with Crippen LogP contribution in [0.15, 0.2) is 36.7 Å². The lowest BCUT2D eigenvalue weighted by Gasteiger charge is -2.12. The van der Waals surface area contributed by atoms with Gasteiger partial charge in [0, 0.05) is 16.1 Å². The van der Waals surface area contributed by atoms with Crippen LogP contribution in [0.4, 0.5) is 5.13 Å². The highest BCUT2D eigenvalue weighted by Crippen LogP contribution is 2.25. The van der Waals surface area contributed by atoms with E-state index in [-0.39, 0.29) is 11.8 Å². The number of nitrogens with zero attached hydrogens (tertiary/aromatic N) is 3. The average molecular weight is 361 g/mol. The highest BCUT2D eigenvalue weighted by molar-refractivity contribution is 7.15. The average Bonchev–Trinajstić information content (AvgIpc) is 3.14. The highest BCUT2D eigenvalue weighted by atomic mass is 35.5. The summed E-state index contributed by atoms with van der Waals surface area (Å²) in [5.74, 6) is -0.0739. The van der Waals surface area contributed by atoms with Gasteiger partial charge >= 0.3 is 0 Å². The number of carbonyl (C=O) groups excluding carboxylic acids is 1. The predicted octanol–water partition coefficient (Wildman–Crippen LogP) is 4.67. The lowest BCUT2D eigenvalue weighted by Crippen LogP contribution is -2.15. The first-order chi connectivity index (χ1) is 11.5. The summed E-state index contributed by atoms with van der Waals surface area (Å²) in [7, 11) is 0. The number of thiazole rings is 1. The van der Waals surface area contributed by atoms with E-state index in [2.05, 4.69) is 15.4 Å². The van der Waals surface area contributed by atoms with Crippen molar-refractivity contribution in [2.45, 2.75) is 26.7 Å². The number of amides is 1. The summed E-state index contributed by atoms with van der Waals surface area (Å²) in [6.45, 7) is 6.02. The van der Waals surface area contributed by atoms with Crippen molar-refractivity contribution in [2.75, 3.05) is 5.32 Å². The molecule has 2 heterocycles. The Morgan fingerprint density at radius 3 is 2.54 bits per heavy atom. The fraction of sp³-hybridized carbons (Fsp3) is 0.235. The van der Waals surface area contributed by atoms with Gasteiger partial charge in [-0.2, -0.15) is 5.10 Å². The van der Waals surface area contributed by atoms with Gasteiger partial charge in [0.05, 0.1) is 23.1 Å². The standard InChI is InChI=1S/C17H17ClN4OS/c1-10(2)15-14(16(23)21-17-19-8-11(3)24-17)9-20-22(15)13-6-4-12(18)5-7-13/h4-10H,1-3H3,(H,19,21,23). The molecule has 0 fully saturated rings. The second-order valence-corrected chi connectivity index (χ2v) is 7.39. The zero-order chi connectivity index (χ0) is 17.3. The second kappa shape index (κ2) is 6.75. The molecule has 5 nitrogen and oxygen atoms in total. The summed E-state index contributed by atoms with van der Waals surface area (Å²) < 4.78 is 1.78. The van der Waals surface area contributed by atoms with Gasteiger partial charge in [-0.3, -0.25) is 10.1 Å². The van der Waals surface area contributed by atoms with Crippen molar-refractivity contribution in [3.63, 3.8) is 0 Å². The van der Waals surface area contributed by atoms with Crippen LogP contribution in [0.25, 0.3) is 5.69 Å². The number of anilines is 1. The number of carbonyl (C=O) groups is 1. The van der Waals surface area contributed by atoms with Crippen LogP contribution in [0.2, 0.25) is 5.02 Å². The minimum atomic E-state index is -0.201. The van der Waals surface area contributed by atoms with Gasteiger partial charge < -0.3 is 0 Å². The molecular weight excluding hydrogens is 344 g/mol. The van der Waals surface area contributed by atoms with Crippen LogP contribution in [0.5, 0.6) is 0 Å². The number of benzene rings is 1. The molecule has 0 atom stereocenters. The molecule has 0 spiro atoms. The molecule has 1 aromatic carbocycles. The van der Waals surface area contributed by atoms with E-state index in [9.17, 15) is 4.79 Å². The largest absolute Gasteiger partial charge is 0.298 e. The Hall–Kier alpha value is -2.18. The highest BCUT2D eigenvalue weighted by Gasteiger charge is 2.21. The first-order valence-corrected chi connectivity index (χ1v) is 8.73. The summed E-state index contributed by atoms with van der Waals surface area (Å²) in [4.78, 5) is 17.9. The smallest absolute Gasteiger partial charge is 0.260 e. The van der Waals surface area contributed by atoms with E-state index in [0.717, 1.165) is 16.3 Å². The van der Waals surface area contributed by atoms with E-state index < -0.39 is 0 Å². The van der Waals surface area contributed by atoms with Gasteiger partial charge in [0.1, 0.15) is 0 Å². The van der Waals surface area contributed by atoms with E-state index in [0.29, 0.717) is 15.7 Å². The van der Waals surface area contributed by atoms with Gasteiger partial charge in [-0.05, 0) is 37.1 Å². The summed E-state index contributed by atoms with van der Waals surface area (Å²) in [6.07, 6.45) is 3.33. The fourth-order valence-corrected chi connectivity index (χ4v) is 3.24. The van der Waals surface area contributed by atoms with Gasteiger partial charge in [0.25, 0.3) is 5.91 Å². The Kier molecular flexibility index (Phi) is 4.69. The maximum Gasteiger partial charge on any atom is 0.260 e. The van der Waals surface area contributed by atoms with Crippen molar-refractivity contribution in [1.29, 1.82) is 0 Å². The molecule has 0 saturated heterocycles. The van der Waals surface area contributed by atoms with Crippen LogP contribution >= 0.6 is 22.9 Å². The Morgan fingerprint density at radius 2 is 1.96 bits per heavy atom. The van der Waals surface area contributed by atoms with E-state index in [1.807, 2.05) is 32.9 Å². The number of aryl methyl sites for hydroxylation is 1. The molecule has 3 aromatic rings. The van der Waals surface area contributed by atoms with Gasteiger partial charge in [-0.15, -0.1) is 11.3 Å². The van der Waals surface area contributed by atoms with Crippen molar-refractivity contribution >= 4 is 34.0 Å². The molecule has 1 N–H and O–H groups in total. The molecule has 24 heavy (non-hydrogen) atoms. The molecule has 7 heteroatoms. The minimum absolute atomic E-state index is 0.127. The van der Waals surface area contributed by atoms with Gasteiger partial charge in [-0.25, -0.2) is 9.67 Å². The van der Waals surface area contributed by atoms with Crippen molar-refractivity contribution in [2.24, 2.45) is 0 Å². The number of hydrogen-bond donors (Lipinski definition) is 1. The van der Waals surface area contributed by atoms with Crippen molar-refractivity contribution in [3.05, 3.63) is 57.8 Å². The van der Waals surface area contributed by atoms with Crippen molar-refractivity contribution < 1.29 is 4.79 Å². The quantitative estimate of drug-likeness (QED) is 0.735. The molecular formula is C17H17ClN4OS. The van der Waals surface area contributed by atoms with Crippen molar-refractivity contribution in [3.8, 4) is 5.69 Å². The summed E-state index contributed by atoms with van der Waals surface area (Å²) in [5, 5.41) is 8.49. The SMILES string of the molecule is Cc1cnc(NC(=O)c2cnn(-c3ccc(Cl)cc3)c2C(C)C)s1. The van der Waals surface area contributed by atoms with Crippen molar-refractivity contribution in [1.82, 2.24) is 14.8 Å². The van der Waals surface area contributed by atoms with Crippen LogP contribution < -0.4 is 5.32 Å². The molecule has 0 unspecified atom stereocenters. The second-order valence-electron chi connectivity index (χ2n) is 5.72. The van der Waals surface area contributed by atoms with E-state index in [1.54, 1.807) is 29.2 Å². The number of rotatable bonds is 4. The zero-order valence-corrected chi connectivity index (χ0v) is 15.1. The maximum atomic E-state index is 12.6. The Balaban J connectivity index is 1.96. The molecule has 0 aliphatic heterocycles. The number of aromatic nitrogens is 3. The fourth-order valence-electron chi connectivity index (χ4n) is 2.45. The first-order valence-electron chi connectivity index (χ1n) is 7.53. The third kappa shape index (κ3) is 3.34. The normalized spacial score (nSPS) is 11.0. The molecule has 1 amide bonds. The van der Waals surface area contributed by atoms with Gasteiger partial charge in [0.15, 0.2) is 5.13 Å². The lowest BCUT2D eigenvalue weighted by atomic mass is 10.1. The van der Waals surface area contributed by atoms with Gasteiger partial charge in [0.2, 0.25) is 0 Å². The molecule has 0 radical (unpaired) electrons. The Morgan fingerprint density at radius 1 is 1.25 bits per heavy atom. The van der Waals surface area contributed by atoms with E-state index in [4.69, 9.17) is 11.6 Å². The summed E-state index contributed by atoms with van der Waals surface area (Å²) >= 11 is 7.39. The maximum absolute atomic E-state index is 12.6. The molecule has 0 aliphatic carbocycles. The van der Waals surface area contributed by atoms with E-state index >= 15 is 0 Å². The number of hydrogen-bond acceptors (Lipinski definition) is 4. The monoisotopic (exact) mass is 360 g/mol. The third-order valence-electron chi connectivity index (χ3n) is 3.51. The molecule has 0 aliphatic rings. The first kappa shape index (κ1) is 16.7. The molecule has 0 saturated carbocycles. The molecule has 3 rings (SSSR count). The lowest BCUT2D eigenvalue weighted by molar-refractivity contribution is 0.102. The molecule has 2 aromatic heterocycles. The van der Waals surface area contributed by atoms with Gasteiger partial charge in [-0.1, -0.05) is 25.4 Å². The zero-order valence-electron chi connectivity index (χ0n) is 13.6. The third-order valence-corrected chi connectivity index (χ3v) is 4.59.